The summed E-state index contributed by atoms with van der Waals surface area (Å²) in [7, 11) is 0. The molecule has 0 amide bonds. The van der Waals surface area contributed by atoms with Gasteiger partial charge in [-0.3, -0.25) is 14.4 Å². The first kappa shape index (κ1) is 16.2. The van der Waals surface area contributed by atoms with Crippen molar-refractivity contribution in [2.75, 3.05) is 5.43 Å². The average Bonchev–Trinajstić information content (AvgIpc) is 2.36. The van der Waals surface area contributed by atoms with Crippen molar-refractivity contribution in [1.82, 2.24) is 5.43 Å². The zero-order chi connectivity index (χ0) is 15.3. The molecule has 108 valence electrons. The molecule has 1 atom stereocenters. The number of aliphatic carboxylic acids is 1. The molecular formula is C13H16N2O4S. The number of hydrogen-bond donors (Lipinski definition) is 4. The first-order chi connectivity index (χ1) is 9.31. The molecule has 0 radical (unpaired) electrons. The second kappa shape index (κ2) is 6.53. The van der Waals surface area contributed by atoms with Gasteiger partial charge in [0.25, 0.3) is 0 Å². The summed E-state index contributed by atoms with van der Waals surface area (Å²) in [6.07, 6.45) is 1.10. The lowest BCUT2D eigenvalue weighted by Gasteiger charge is -2.27. The van der Waals surface area contributed by atoms with Crippen LogP contribution in [-0.2, 0) is 4.79 Å². The Morgan fingerprint density at radius 3 is 2.45 bits per heavy atom. The smallest absolute Gasteiger partial charge is 0.323 e. The van der Waals surface area contributed by atoms with Gasteiger partial charge in [-0.25, -0.2) is 5.43 Å². The minimum absolute atomic E-state index is 0.163. The number of nitrogens with one attached hydrogen (secondary N) is 2. The van der Waals surface area contributed by atoms with Gasteiger partial charge in [-0.05, 0) is 19.9 Å². The summed E-state index contributed by atoms with van der Waals surface area (Å²) in [6, 6.07) is 3.65. The van der Waals surface area contributed by atoms with Gasteiger partial charge >= 0.3 is 5.97 Å². The van der Waals surface area contributed by atoms with Crippen LogP contribution in [0.5, 0.6) is 0 Å². The molecule has 0 aliphatic heterocycles. The summed E-state index contributed by atoms with van der Waals surface area (Å²) in [5, 5.41) is 9.14. The van der Waals surface area contributed by atoms with Gasteiger partial charge in [0.05, 0.1) is 5.69 Å². The van der Waals surface area contributed by atoms with Crippen molar-refractivity contribution in [3.05, 3.63) is 29.3 Å². The van der Waals surface area contributed by atoms with Gasteiger partial charge in [0, 0.05) is 15.9 Å². The van der Waals surface area contributed by atoms with E-state index in [0.717, 1.165) is 0 Å². The zero-order valence-electron chi connectivity index (χ0n) is 11.1. The van der Waals surface area contributed by atoms with E-state index in [0.29, 0.717) is 18.3 Å². The molecular weight excluding hydrogens is 280 g/mol. The molecule has 0 saturated carbocycles. The van der Waals surface area contributed by atoms with Crippen molar-refractivity contribution < 1.29 is 19.5 Å². The van der Waals surface area contributed by atoms with Crippen molar-refractivity contribution in [3.8, 4) is 0 Å². The molecule has 1 aromatic rings. The number of carboxylic acids is 1. The SMILES string of the molecule is CC(C)(S)[C@H](NNc1cccc(C=O)c1C=O)C(=O)O. The van der Waals surface area contributed by atoms with E-state index in [2.05, 4.69) is 23.5 Å². The Morgan fingerprint density at radius 1 is 1.35 bits per heavy atom. The fourth-order valence-electron chi connectivity index (χ4n) is 1.62. The topological polar surface area (TPSA) is 95.5 Å². The third kappa shape index (κ3) is 3.82. The van der Waals surface area contributed by atoms with Crippen LogP contribution in [0.1, 0.15) is 34.6 Å². The molecule has 1 aromatic carbocycles. The van der Waals surface area contributed by atoms with Crippen LogP contribution in [0.2, 0.25) is 0 Å². The van der Waals surface area contributed by atoms with E-state index in [1.165, 1.54) is 6.07 Å². The summed E-state index contributed by atoms with van der Waals surface area (Å²) in [5.41, 5.74) is 5.97. The summed E-state index contributed by atoms with van der Waals surface area (Å²) in [4.78, 5) is 33.0. The first-order valence-electron chi connectivity index (χ1n) is 5.81. The van der Waals surface area contributed by atoms with E-state index in [9.17, 15) is 14.4 Å². The summed E-state index contributed by atoms with van der Waals surface area (Å²) in [5.74, 6) is -1.09. The molecule has 3 N–H and O–H groups in total. The van der Waals surface area contributed by atoms with E-state index in [-0.39, 0.29) is 11.1 Å². The summed E-state index contributed by atoms with van der Waals surface area (Å²) < 4.78 is -0.831. The van der Waals surface area contributed by atoms with Crippen LogP contribution in [0, 0.1) is 0 Å². The highest BCUT2D eigenvalue weighted by atomic mass is 32.1. The largest absolute Gasteiger partial charge is 0.480 e. The molecule has 0 saturated heterocycles. The van der Waals surface area contributed by atoms with Crippen molar-refractivity contribution in [3.63, 3.8) is 0 Å². The Balaban J connectivity index is 2.97. The lowest BCUT2D eigenvalue weighted by molar-refractivity contribution is -0.139. The van der Waals surface area contributed by atoms with Gasteiger partial charge in [0.2, 0.25) is 0 Å². The van der Waals surface area contributed by atoms with Crippen LogP contribution < -0.4 is 10.9 Å². The number of thiol groups is 1. The maximum Gasteiger partial charge on any atom is 0.323 e. The van der Waals surface area contributed by atoms with E-state index in [1.807, 2.05) is 0 Å². The van der Waals surface area contributed by atoms with Gasteiger partial charge in [0.15, 0.2) is 12.6 Å². The maximum atomic E-state index is 11.2. The van der Waals surface area contributed by atoms with E-state index >= 15 is 0 Å². The molecule has 7 heteroatoms. The number of benzene rings is 1. The number of carboxylic acid groups (broad SMARTS) is 1. The Bertz CT molecular complexity index is 526. The normalized spacial score (nSPS) is 12.6. The minimum Gasteiger partial charge on any atom is -0.480 e. The molecule has 0 heterocycles. The molecule has 0 aromatic heterocycles. The van der Waals surface area contributed by atoms with Crippen molar-refractivity contribution >= 4 is 36.9 Å². The summed E-state index contributed by atoms with van der Waals surface area (Å²) >= 11 is 4.21. The molecule has 0 fully saturated rings. The Morgan fingerprint density at radius 2 is 2.00 bits per heavy atom. The molecule has 6 nitrogen and oxygen atoms in total. The second-order valence-corrected chi connectivity index (χ2v) is 5.89. The Labute approximate surface area is 121 Å². The van der Waals surface area contributed by atoms with Crippen LogP contribution >= 0.6 is 12.6 Å². The number of carbonyl (C=O) groups is 3. The number of aldehydes is 2. The maximum absolute atomic E-state index is 11.2. The van der Waals surface area contributed by atoms with E-state index in [4.69, 9.17) is 5.11 Å². The molecule has 0 unspecified atom stereocenters. The minimum atomic E-state index is -1.09. The second-order valence-electron chi connectivity index (χ2n) is 4.74. The number of anilines is 1. The van der Waals surface area contributed by atoms with Crippen LogP contribution in [0.25, 0.3) is 0 Å². The van der Waals surface area contributed by atoms with E-state index < -0.39 is 16.8 Å². The number of rotatable bonds is 7. The third-order valence-electron chi connectivity index (χ3n) is 2.69. The highest BCUT2D eigenvalue weighted by Crippen LogP contribution is 2.20. The van der Waals surface area contributed by atoms with Crippen LogP contribution in [-0.4, -0.2) is 34.4 Å². The first-order valence-corrected chi connectivity index (χ1v) is 6.26. The fraction of sp³-hybridized carbons (Fsp3) is 0.308. The Hall–Kier alpha value is -1.86. The number of hydrazine groups is 1. The molecule has 0 aliphatic carbocycles. The predicted octanol–water partition coefficient (Wildman–Crippen LogP) is 1.39. The predicted molar refractivity (Wildman–Crippen MR) is 78.5 cm³/mol. The van der Waals surface area contributed by atoms with Crippen LogP contribution in [0.3, 0.4) is 0 Å². The average molecular weight is 296 g/mol. The van der Waals surface area contributed by atoms with Crippen molar-refractivity contribution in [2.24, 2.45) is 0 Å². The van der Waals surface area contributed by atoms with Crippen LogP contribution in [0.15, 0.2) is 18.2 Å². The standard InChI is InChI=1S/C13H16N2O4S/c1-13(2,20)11(12(18)19)15-14-10-5-3-4-8(6-16)9(10)7-17/h3-7,11,14-15,20H,1-2H3,(H,18,19)/t11-/m1/s1. The van der Waals surface area contributed by atoms with Crippen molar-refractivity contribution in [1.29, 1.82) is 0 Å². The third-order valence-corrected chi connectivity index (χ3v) is 2.95. The van der Waals surface area contributed by atoms with Crippen LogP contribution in [0.4, 0.5) is 5.69 Å². The number of carbonyl (C=O) groups excluding carboxylic acids is 2. The molecule has 0 bridgehead atoms. The van der Waals surface area contributed by atoms with Gasteiger partial charge in [0.1, 0.15) is 6.04 Å². The van der Waals surface area contributed by atoms with Gasteiger partial charge in [-0.1, -0.05) is 12.1 Å². The quantitative estimate of drug-likeness (QED) is 0.345. The van der Waals surface area contributed by atoms with E-state index in [1.54, 1.807) is 26.0 Å². The lowest BCUT2D eigenvalue weighted by Crippen LogP contribution is -2.51. The molecule has 20 heavy (non-hydrogen) atoms. The lowest BCUT2D eigenvalue weighted by atomic mass is 10.0. The van der Waals surface area contributed by atoms with Gasteiger partial charge < -0.3 is 10.5 Å². The van der Waals surface area contributed by atoms with Gasteiger partial charge in [-0.15, -0.1) is 0 Å². The highest BCUT2D eigenvalue weighted by molar-refractivity contribution is 7.81. The van der Waals surface area contributed by atoms with Gasteiger partial charge in [-0.2, -0.15) is 12.6 Å². The highest BCUT2D eigenvalue weighted by Gasteiger charge is 2.32. The zero-order valence-corrected chi connectivity index (χ0v) is 12.0. The van der Waals surface area contributed by atoms with Crippen molar-refractivity contribution in [2.45, 2.75) is 24.6 Å². The fourth-order valence-corrected chi connectivity index (χ4v) is 1.79. The molecule has 0 spiro atoms. The summed E-state index contributed by atoms with van der Waals surface area (Å²) in [6.45, 7) is 3.29. The molecule has 1 rings (SSSR count). The monoisotopic (exact) mass is 296 g/mol. The molecule has 0 aliphatic rings. The number of hydrogen-bond acceptors (Lipinski definition) is 6. The Kier molecular flexibility index (Phi) is 5.29.